The maximum absolute atomic E-state index is 11.4. The Balaban J connectivity index is 2.12. The molecule has 17 heavy (non-hydrogen) atoms. The lowest BCUT2D eigenvalue weighted by Gasteiger charge is -2.28. The first-order valence-electron chi connectivity index (χ1n) is 6.21. The molecule has 0 bridgehead atoms. The van der Waals surface area contributed by atoms with E-state index in [0.717, 1.165) is 25.0 Å². The Morgan fingerprint density at radius 2 is 2.35 bits per heavy atom. The minimum Gasteiger partial charge on any atom is -0.469 e. The highest BCUT2D eigenvalue weighted by molar-refractivity contribution is 5.80. The van der Waals surface area contributed by atoms with Gasteiger partial charge in [-0.1, -0.05) is 13.8 Å². The molecule has 1 amide bonds. The van der Waals surface area contributed by atoms with E-state index in [0.29, 0.717) is 0 Å². The Morgan fingerprint density at radius 3 is 3.00 bits per heavy atom. The molecule has 94 valence electrons. The number of carbonyl (C=O) groups excluding carboxylic acids is 1. The van der Waals surface area contributed by atoms with Crippen LogP contribution < -0.4 is 11.1 Å². The van der Waals surface area contributed by atoms with E-state index >= 15 is 0 Å². The molecule has 4 nitrogen and oxygen atoms in total. The lowest BCUT2D eigenvalue weighted by atomic mass is 9.91. The minimum atomic E-state index is -0.282. The molecule has 2 unspecified atom stereocenters. The van der Waals surface area contributed by atoms with Crippen molar-refractivity contribution in [1.29, 1.82) is 0 Å². The Labute approximate surface area is 102 Å². The zero-order chi connectivity index (χ0) is 12.4. The highest BCUT2D eigenvalue weighted by atomic mass is 16.3. The lowest BCUT2D eigenvalue weighted by Crippen LogP contribution is -2.47. The molecule has 0 spiro atoms. The molecule has 1 aliphatic carbocycles. The van der Waals surface area contributed by atoms with Crippen molar-refractivity contribution in [3.8, 4) is 0 Å². The zero-order valence-electron chi connectivity index (χ0n) is 10.4. The van der Waals surface area contributed by atoms with E-state index < -0.39 is 0 Å². The van der Waals surface area contributed by atoms with Crippen molar-refractivity contribution in [2.75, 3.05) is 0 Å². The highest BCUT2D eigenvalue weighted by Gasteiger charge is 2.28. The normalized spacial score (nSPS) is 21.2. The van der Waals surface area contributed by atoms with Gasteiger partial charge in [-0.2, -0.15) is 0 Å². The largest absolute Gasteiger partial charge is 0.469 e. The van der Waals surface area contributed by atoms with Crippen LogP contribution in [0, 0.1) is 5.92 Å². The summed E-state index contributed by atoms with van der Waals surface area (Å²) < 4.78 is 5.43. The third-order valence-corrected chi connectivity index (χ3v) is 3.41. The molecule has 4 heteroatoms. The molecule has 1 aliphatic rings. The SMILES string of the molecule is CC(C)C(NC1CCCc2occc21)C(N)=O. The molecule has 0 aromatic carbocycles. The van der Waals surface area contributed by atoms with Crippen LogP contribution in [0.2, 0.25) is 0 Å². The summed E-state index contributed by atoms with van der Waals surface area (Å²) in [5.41, 5.74) is 6.61. The average molecular weight is 236 g/mol. The van der Waals surface area contributed by atoms with Crippen LogP contribution >= 0.6 is 0 Å². The second-order valence-corrected chi connectivity index (χ2v) is 5.03. The summed E-state index contributed by atoms with van der Waals surface area (Å²) in [4.78, 5) is 11.4. The van der Waals surface area contributed by atoms with E-state index in [9.17, 15) is 4.79 Å². The number of primary amides is 1. The number of aryl methyl sites for hydroxylation is 1. The zero-order valence-corrected chi connectivity index (χ0v) is 10.4. The van der Waals surface area contributed by atoms with Crippen molar-refractivity contribution in [1.82, 2.24) is 5.32 Å². The molecule has 0 saturated carbocycles. The van der Waals surface area contributed by atoms with Crippen molar-refractivity contribution < 1.29 is 9.21 Å². The van der Waals surface area contributed by atoms with E-state index in [1.165, 1.54) is 5.56 Å². The molecule has 0 fully saturated rings. The molecule has 1 aromatic rings. The van der Waals surface area contributed by atoms with Gasteiger partial charge >= 0.3 is 0 Å². The monoisotopic (exact) mass is 236 g/mol. The molecule has 0 radical (unpaired) electrons. The molecule has 2 atom stereocenters. The maximum Gasteiger partial charge on any atom is 0.234 e. The van der Waals surface area contributed by atoms with E-state index in [1.54, 1.807) is 6.26 Å². The summed E-state index contributed by atoms with van der Waals surface area (Å²) in [7, 11) is 0. The van der Waals surface area contributed by atoms with Crippen LogP contribution in [-0.4, -0.2) is 11.9 Å². The fraction of sp³-hybridized carbons (Fsp3) is 0.615. The summed E-state index contributed by atoms with van der Waals surface area (Å²) in [5.74, 6) is 0.959. The molecule has 0 aliphatic heterocycles. The Kier molecular flexibility index (Phi) is 3.52. The highest BCUT2D eigenvalue weighted by Crippen LogP contribution is 2.31. The summed E-state index contributed by atoms with van der Waals surface area (Å²) in [6, 6.07) is 1.91. The number of fused-ring (bicyclic) bond motifs is 1. The fourth-order valence-corrected chi connectivity index (χ4v) is 2.48. The summed E-state index contributed by atoms with van der Waals surface area (Å²) in [6.45, 7) is 4.00. The number of furan rings is 1. The lowest BCUT2D eigenvalue weighted by molar-refractivity contribution is -0.121. The predicted octanol–water partition coefficient (Wildman–Crippen LogP) is 1.76. The van der Waals surface area contributed by atoms with Gasteiger partial charge in [0.15, 0.2) is 0 Å². The molecule has 1 aromatic heterocycles. The number of amides is 1. The van der Waals surface area contributed by atoms with E-state index in [-0.39, 0.29) is 23.9 Å². The molecular formula is C13H20N2O2. The number of rotatable bonds is 4. The second-order valence-electron chi connectivity index (χ2n) is 5.03. The van der Waals surface area contributed by atoms with E-state index in [2.05, 4.69) is 5.32 Å². The maximum atomic E-state index is 11.4. The second kappa shape index (κ2) is 4.92. The molecule has 1 heterocycles. The van der Waals surface area contributed by atoms with Crippen LogP contribution in [0.5, 0.6) is 0 Å². The van der Waals surface area contributed by atoms with Crippen molar-refractivity contribution in [2.45, 2.75) is 45.2 Å². The molecule has 3 N–H and O–H groups in total. The summed E-state index contributed by atoms with van der Waals surface area (Å²) >= 11 is 0. The number of carbonyl (C=O) groups is 1. The number of hydrogen-bond donors (Lipinski definition) is 2. The van der Waals surface area contributed by atoms with Crippen LogP contribution in [0.1, 0.15) is 44.1 Å². The Bertz CT molecular complexity index is 398. The third-order valence-electron chi connectivity index (χ3n) is 3.41. The predicted molar refractivity (Wildman–Crippen MR) is 65.3 cm³/mol. The van der Waals surface area contributed by atoms with Gasteiger partial charge in [0.05, 0.1) is 12.3 Å². The van der Waals surface area contributed by atoms with Gasteiger partial charge in [-0.25, -0.2) is 0 Å². The van der Waals surface area contributed by atoms with Gasteiger partial charge < -0.3 is 10.2 Å². The summed E-state index contributed by atoms with van der Waals surface area (Å²) in [6.07, 6.45) is 4.83. The van der Waals surface area contributed by atoms with Crippen LogP contribution in [0.3, 0.4) is 0 Å². The van der Waals surface area contributed by atoms with Gasteiger partial charge in [0.25, 0.3) is 0 Å². The average Bonchev–Trinajstić information content (AvgIpc) is 2.73. The van der Waals surface area contributed by atoms with Crippen LogP contribution in [0.15, 0.2) is 16.7 Å². The minimum absolute atomic E-state index is 0.192. The van der Waals surface area contributed by atoms with E-state index in [1.807, 2.05) is 19.9 Å². The summed E-state index contributed by atoms with van der Waals surface area (Å²) in [5, 5.41) is 3.36. The molecular weight excluding hydrogens is 216 g/mol. The van der Waals surface area contributed by atoms with Gasteiger partial charge in [0.2, 0.25) is 5.91 Å². The number of nitrogens with two attached hydrogens (primary N) is 1. The van der Waals surface area contributed by atoms with Gasteiger partial charge in [-0.15, -0.1) is 0 Å². The molecule has 0 saturated heterocycles. The smallest absolute Gasteiger partial charge is 0.234 e. The van der Waals surface area contributed by atoms with Crippen LogP contribution in [-0.2, 0) is 11.2 Å². The van der Waals surface area contributed by atoms with Gasteiger partial charge in [-0.3, -0.25) is 10.1 Å². The fourth-order valence-electron chi connectivity index (χ4n) is 2.48. The third kappa shape index (κ3) is 2.52. The van der Waals surface area contributed by atoms with Gasteiger partial charge in [0, 0.05) is 18.0 Å². The first-order valence-corrected chi connectivity index (χ1v) is 6.21. The van der Waals surface area contributed by atoms with Gasteiger partial charge in [-0.05, 0) is 24.8 Å². The van der Waals surface area contributed by atoms with Gasteiger partial charge in [0.1, 0.15) is 5.76 Å². The Hall–Kier alpha value is -1.29. The topological polar surface area (TPSA) is 68.3 Å². The molecule has 2 rings (SSSR count). The van der Waals surface area contributed by atoms with Crippen LogP contribution in [0.25, 0.3) is 0 Å². The number of hydrogen-bond acceptors (Lipinski definition) is 3. The standard InChI is InChI=1S/C13H20N2O2/c1-8(2)12(13(14)16)15-10-4-3-5-11-9(10)6-7-17-11/h6-8,10,12,15H,3-5H2,1-2H3,(H2,14,16). The number of nitrogens with one attached hydrogen (secondary N) is 1. The van der Waals surface area contributed by atoms with E-state index in [4.69, 9.17) is 10.2 Å². The van der Waals surface area contributed by atoms with Crippen LogP contribution in [0.4, 0.5) is 0 Å². The Morgan fingerprint density at radius 1 is 1.59 bits per heavy atom. The first kappa shape index (κ1) is 12.2. The van der Waals surface area contributed by atoms with Crippen molar-refractivity contribution in [3.05, 3.63) is 23.7 Å². The van der Waals surface area contributed by atoms with Crippen molar-refractivity contribution in [3.63, 3.8) is 0 Å². The van der Waals surface area contributed by atoms with Crippen molar-refractivity contribution in [2.24, 2.45) is 11.7 Å². The van der Waals surface area contributed by atoms with Crippen molar-refractivity contribution >= 4 is 5.91 Å². The first-order chi connectivity index (χ1) is 8.09. The quantitative estimate of drug-likeness (QED) is 0.837.